The number of carbonyl (C=O) groups is 1. The van der Waals surface area contributed by atoms with E-state index < -0.39 is 5.82 Å². The lowest BCUT2D eigenvalue weighted by Gasteiger charge is -2.31. The van der Waals surface area contributed by atoms with Crippen LogP contribution >= 0.6 is 15.9 Å². The van der Waals surface area contributed by atoms with Crippen LogP contribution < -0.4 is 14.4 Å². The van der Waals surface area contributed by atoms with Crippen molar-refractivity contribution >= 4 is 27.5 Å². The van der Waals surface area contributed by atoms with Gasteiger partial charge in [0.1, 0.15) is 19.0 Å². The summed E-state index contributed by atoms with van der Waals surface area (Å²) in [4.78, 5) is 14.6. The van der Waals surface area contributed by atoms with Gasteiger partial charge in [-0.2, -0.15) is 0 Å². The maximum Gasteiger partial charge on any atom is 0.262 e. The number of fused-ring (bicyclic) bond motifs is 2. The largest absolute Gasteiger partial charge is 0.486 e. The van der Waals surface area contributed by atoms with Crippen molar-refractivity contribution in [2.45, 2.75) is 12.8 Å². The zero-order valence-corrected chi connectivity index (χ0v) is 14.4. The van der Waals surface area contributed by atoms with Gasteiger partial charge < -0.3 is 14.4 Å². The topological polar surface area (TPSA) is 38.8 Å². The quantitative estimate of drug-likeness (QED) is 0.738. The predicted molar refractivity (Wildman–Crippen MR) is 91.5 cm³/mol. The molecule has 4 nitrogen and oxygen atoms in total. The molecule has 1 amide bonds. The Hall–Kier alpha value is -2.08. The molecule has 2 aliphatic rings. The van der Waals surface area contributed by atoms with E-state index in [4.69, 9.17) is 9.47 Å². The van der Waals surface area contributed by atoms with Crippen LogP contribution in [0.25, 0.3) is 0 Å². The van der Waals surface area contributed by atoms with Crippen molar-refractivity contribution in [3.05, 3.63) is 51.7 Å². The van der Waals surface area contributed by atoms with Crippen molar-refractivity contribution in [2.24, 2.45) is 0 Å². The summed E-state index contributed by atoms with van der Waals surface area (Å²) in [6, 6.07) is 8.49. The van der Waals surface area contributed by atoms with Crippen molar-refractivity contribution in [3.63, 3.8) is 0 Å². The first-order valence-electron chi connectivity index (χ1n) is 7.83. The molecule has 2 aromatic rings. The summed E-state index contributed by atoms with van der Waals surface area (Å²) in [5.41, 5.74) is 1.61. The number of para-hydroxylation sites is 1. The fraction of sp³-hybridized carbons (Fsp3) is 0.278. The first-order chi connectivity index (χ1) is 11.6. The Balaban J connectivity index is 1.78. The van der Waals surface area contributed by atoms with Gasteiger partial charge in [-0.05, 0) is 42.7 Å². The van der Waals surface area contributed by atoms with Crippen molar-refractivity contribution in [1.82, 2.24) is 0 Å². The monoisotopic (exact) mass is 391 g/mol. The highest BCUT2D eigenvalue weighted by Gasteiger charge is 2.30. The molecule has 124 valence electrons. The van der Waals surface area contributed by atoms with Gasteiger partial charge in [0.2, 0.25) is 0 Å². The summed E-state index contributed by atoms with van der Waals surface area (Å²) in [6.07, 6.45) is 1.54. The third kappa shape index (κ3) is 2.55. The number of aryl methyl sites for hydroxylation is 1. The van der Waals surface area contributed by atoms with Gasteiger partial charge in [0, 0.05) is 11.0 Å². The number of amides is 1. The molecule has 4 rings (SSSR count). The molecule has 0 N–H and O–H groups in total. The normalized spacial score (nSPS) is 15.8. The molecule has 0 unspecified atom stereocenters. The molecule has 0 bridgehead atoms. The van der Waals surface area contributed by atoms with Gasteiger partial charge in [-0.1, -0.05) is 22.0 Å². The minimum absolute atomic E-state index is 0.264. The van der Waals surface area contributed by atoms with Crippen LogP contribution in [0.1, 0.15) is 22.3 Å². The lowest BCUT2D eigenvalue weighted by molar-refractivity contribution is 0.0973. The second-order valence-corrected chi connectivity index (χ2v) is 6.70. The van der Waals surface area contributed by atoms with Crippen molar-refractivity contribution in [1.29, 1.82) is 0 Å². The van der Waals surface area contributed by atoms with E-state index in [2.05, 4.69) is 15.9 Å². The van der Waals surface area contributed by atoms with Crippen LogP contribution in [0.2, 0.25) is 0 Å². The third-order valence-electron chi connectivity index (χ3n) is 4.25. The molecule has 0 saturated heterocycles. The molecule has 0 radical (unpaired) electrons. The summed E-state index contributed by atoms with van der Waals surface area (Å²) in [5.74, 6) is 0.341. The summed E-state index contributed by atoms with van der Waals surface area (Å²) >= 11 is 3.31. The van der Waals surface area contributed by atoms with Gasteiger partial charge in [-0.15, -0.1) is 0 Å². The van der Waals surface area contributed by atoms with Crippen LogP contribution in [0.3, 0.4) is 0 Å². The van der Waals surface area contributed by atoms with E-state index in [9.17, 15) is 9.18 Å². The Labute approximate surface area is 147 Å². The van der Waals surface area contributed by atoms with Crippen molar-refractivity contribution in [2.75, 3.05) is 24.7 Å². The Morgan fingerprint density at radius 2 is 2.04 bits per heavy atom. The number of ether oxygens (including phenoxy) is 2. The number of benzene rings is 2. The fourth-order valence-corrected chi connectivity index (χ4v) is 3.72. The molecule has 2 heterocycles. The Morgan fingerprint density at radius 1 is 1.21 bits per heavy atom. The van der Waals surface area contributed by atoms with Gasteiger partial charge in [0.05, 0.1) is 11.3 Å². The molecule has 2 aromatic carbocycles. The SMILES string of the molecule is O=C(c1cccc2c1OCCO2)N1CCCc2cc(Br)cc(F)c21. The maximum absolute atomic E-state index is 14.5. The Morgan fingerprint density at radius 3 is 2.92 bits per heavy atom. The van der Waals surface area contributed by atoms with Crippen LogP contribution in [0.5, 0.6) is 11.5 Å². The number of nitrogens with zero attached hydrogens (tertiary/aromatic N) is 1. The maximum atomic E-state index is 14.5. The van der Waals surface area contributed by atoms with Gasteiger partial charge in [0.25, 0.3) is 5.91 Å². The third-order valence-corrected chi connectivity index (χ3v) is 4.70. The average Bonchev–Trinajstić information content (AvgIpc) is 2.60. The Kier molecular flexibility index (Phi) is 3.92. The van der Waals surface area contributed by atoms with Crippen LogP contribution in [-0.4, -0.2) is 25.7 Å². The molecular formula is C18H15BrFNO3. The summed E-state index contributed by atoms with van der Waals surface area (Å²) < 4.78 is 26.4. The van der Waals surface area contributed by atoms with Crippen molar-refractivity contribution in [3.8, 4) is 11.5 Å². The molecule has 2 aliphatic heterocycles. The second kappa shape index (κ2) is 6.09. The average molecular weight is 392 g/mol. The predicted octanol–water partition coefficient (Wildman–Crippen LogP) is 3.95. The zero-order chi connectivity index (χ0) is 16.7. The summed E-state index contributed by atoms with van der Waals surface area (Å²) in [7, 11) is 0. The number of anilines is 1. The van der Waals surface area contributed by atoms with E-state index in [1.807, 2.05) is 6.07 Å². The van der Waals surface area contributed by atoms with E-state index >= 15 is 0 Å². The molecule has 0 atom stereocenters. The zero-order valence-electron chi connectivity index (χ0n) is 12.9. The van der Waals surface area contributed by atoms with E-state index in [1.54, 1.807) is 18.2 Å². The number of halogens is 2. The highest BCUT2D eigenvalue weighted by molar-refractivity contribution is 9.10. The van der Waals surface area contributed by atoms with Crippen LogP contribution in [0, 0.1) is 5.82 Å². The smallest absolute Gasteiger partial charge is 0.262 e. The summed E-state index contributed by atoms with van der Waals surface area (Å²) in [6.45, 7) is 1.34. The summed E-state index contributed by atoms with van der Waals surface area (Å²) in [5, 5.41) is 0. The number of rotatable bonds is 1. The van der Waals surface area contributed by atoms with Gasteiger partial charge in [0.15, 0.2) is 11.5 Å². The molecule has 6 heteroatoms. The fourth-order valence-electron chi connectivity index (χ4n) is 3.24. The van der Waals surface area contributed by atoms with Gasteiger partial charge >= 0.3 is 0 Å². The van der Waals surface area contributed by atoms with Crippen molar-refractivity contribution < 1.29 is 18.7 Å². The van der Waals surface area contributed by atoms with Crippen LogP contribution in [0.15, 0.2) is 34.8 Å². The number of hydrogen-bond donors (Lipinski definition) is 0. The van der Waals surface area contributed by atoms with E-state index in [0.717, 1.165) is 18.4 Å². The Bertz CT molecular complexity index is 824. The molecule has 24 heavy (non-hydrogen) atoms. The van der Waals surface area contributed by atoms with Crippen LogP contribution in [0.4, 0.5) is 10.1 Å². The molecule has 0 aromatic heterocycles. The second-order valence-electron chi connectivity index (χ2n) is 5.79. The highest BCUT2D eigenvalue weighted by atomic mass is 79.9. The van der Waals surface area contributed by atoms with Gasteiger partial charge in [-0.25, -0.2) is 4.39 Å². The number of hydrogen-bond acceptors (Lipinski definition) is 3. The lowest BCUT2D eigenvalue weighted by atomic mass is 10.00. The van der Waals surface area contributed by atoms with E-state index in [0.29, 0.717) is 47.0 Å². The first kappa shape index (κ1) is 15.4. The standard InChI is InChI=1S/C18H15BrFNO3/c19-12-9-11-3-2-6-21(16(11)14(20)10-12)18(22)13-4-1-5-15-17(13)24-8-7-23-15/h1,4-5,9-10H,2-3,6-8H2. The van der Waals surface area contributed by atoms with Crippen LogP contribution in [-0.2, 0) is 6.42 Å². The van der Waals surface area contributed by atoms with E-state index in [1.165, 1.54) is 11.0 Å². The first-order valence-corrected chi connectivity index (χ1v) is 8.63. The lowest BCUT2D eigenvalue weighted by Crippen LogP contribution is -2.37. The number of carbonyl (C=O) groups excluding carboxylic acids is 1. The molecule has 0 saturated carbocycles. The molecule has 0 spiro atoms. The molecule has 0 aliphatic carbocycles. The highest BCUT2D eigenvalue weighted by Crippen LogP contribution is 2.38. The molecular weight excluding hydrogens is 377 g/mol. The van der Waals surface area contributed by atoms with Gasteiger partial charge in [-0.3, -0.25) is 4.79 Å². The minimum Gasteiger partial charge on any atom is -0.486 e. The molecule has 0 fully saturated rings. The minimum atomic E-state index is -0.394. The van der Waals surface area contributed by atoms with E-state index in [-0.39, 0.29) is 5.91 Å².